The summed E-state index contributed by atoms with van der Waals surface area (Å²) < 4.78 is 49.1. The van der Waals surface area contributed by atoms with Crippen LogP contribution < -0.4 is 5.32 Å². The van der Waals surface area contributed by atoms with Crippen molar-refractivity contribution in [3.8, 4) is 0 Å². The Bertz CT molecular complexity index is 308. The number of nitrogens with zero attached hydrogens (tertiary/aromatic N) is 1. The number of anilines is 1. The lowest BCUT2D eigenvalue weighted by atomic mass is 10.2. The van der Waals surface area contributed by atoms with Crippen molar-refractivity contribution in [2.24, 2.45) is 0 Å². The third kappa shape index (κ3) is 1.88. The monoisotopic (exact) mass is 194 g/mol. The lowest BCUT2D eigenvalue weighted by molar-refractivity contribution is -0.139. The molecule has 0 saturated heterocycles. The number of pyridine rings is 1. The highest BCUT2D eigenvalue weighted by Gasteiger charge is 2.35. The lowest BCUT2D eigenvalue weighted by Gasteiger charge is -2.09. The summed E-state index contributed by atoms with van der Waals surface area (Å²) in [5.41, 5.74) is -1.31. The van der Waals surface area contributed by atoms with E-state index in [0.29, 0.717) is 6.07 Å². The predicted molar refractivity (Wildman–Crippen MR) is 38.7 cm³/mol. The molecule has 0 radical (unpaired) electrons. The first-order valence-corrected chi connectivity index (χ1v) is 3.36. The zero-order valence-corrected chi connectivity index (χ0v) is 6.61. The molecule has 0 bridgehead atoms. The fourth-order valence-electron chi connectivity index (χ4n) is 0.837. The smallest absolute Gasteiger partial charge is 0.371 e. The molecular formula is C7H6F4N2. The first-order chi connectivity index (χ1) is 5.96. The molecule has 1 N–H and O–H groups in total. The van der Waals surface area contributed by atoms with Crippen molar-refractivity contribution < 1.29 is 17.6 Å². The van der Waals surface area contributed by atoms with E-state index < -0.39 is 23.4 Å². The number of aromatic nitrogens is 1. The second-order valence-electron chi connectivity index (χ2n) is 2.27. The van der Waals surface area contributed by atoms with Gasteiger partial charge in [-0.2, -0.15) is 13.2 Å². The van der Waals surface area contributed by atoms with Gasteiger partial charge in [0, 0.05) is 13.2 Å². The molecule has 1 aromatic heterocycles. The molecule has 0 fully saturated rings. The zero-order chi connectivity index (χ0) is 10.1. The lowest BCUT2D eigenvalue weighted by Crippen LogP contribution is -2.10. The Morgan fingerprint density at radius 3 is 2.46 bits per heavy atom. The normalized spacial score (nSPS) is 11.5. The molecule has 13 heavy (non-hydrogen) atoms. The van der Waals surface area contributed by atoms with Gasteiger partial charge in [0.25, 0.3) is 0 Å². The second-order valence-corrected chi connectivity index (χ2v) is 2.27. The molecule has 0 aliphatic heterocycles. The van der Waals surface area contributed by atoms with Crippen LogP contribution in [0.15, 0.2) is 12.3 Å². The highest BCUT2D eigenvalue weighted by Crippen LogP contribution is 2.32. The van der Waals surface area contributed by atoms with Crippen LogP contribution >= 0.6 is 0 Å². The third-order valence-electron chi connectivity index (χ3n) is 1.43. The van der Waals surface area contributed by atoms with Crippen LogP contribution in [0.4, 0.5) is 23.4 Å². The summed E-state index contributed by atoms with van der Waals surface area (Å²) in [6.07, 6.45) is -3.78. The van der Waals surface area contributed by atoms with Crippen LogP contribution in [-0.2, 0) is 6.18 Å². The van der Waals surface area contributed by atoms with Gasteiger partial charge < -0.3 is 5.32 Å². The number of hydrogen-bond donors (Lipinski definition) is 1. The van der Waals surface area contributed by atoms with E-state index in [0.717, 1.165) is 6.20 Å². The van der Waals surface area contributed by atoms with E-state index in [1.807, 2.05) is 0 Å². The zero-order valence-electron chi connectivity index (χ0n) is 6.61. The van der Waals surface area contributed by atoms with Gasteiger partial charge >= 0.3 is 6.18 Å². The molecule has 0 aliphatic rings. The molecule has 0 spiro atoms. The predicted octanol–water partition coefficient (Wildman–Crippen LogP) is 2.28. The Morgan fingerprint density at radius 1 is 1.38 bits per heavy atom. The van der Waals surface area contributed by atoms with Crippen molar-refractivity contribution >= 4 is 5.82 Å². The summed E-state index contributed by atoms with van der Waals surface area (Å²) in [6, 6.07) is 0.593. The average Bonchev–Trinajstić information content (AvgIpc) is 2.02. The van der Waals surface area contributed by atoms with Crippen LogP contribution in [0.3, 0.4) is 0 Å². The summed E-state index contributed by atoms with van der Waals surface area (Å²) >= 11 is 0. The average molecular weight is 194 g/mol. The fraction of sp³-hybridized carbons (Fsp3) is 0.286. The van der Waals surface area contributed by atoms with Crippen molar-refractivity contribution in [3.63, 3.8) is 0 Å². The van der Waals surface area contributed by atoms with Gasteiger partial charge in [-0.1, -0.05) is 0 Å². The van der Waals surface area contributed by atoms with Gasteiger partial charge in [-0.15, -0.1) is 0 Å². The minimum atomic E-state index is -4.68. The van der Waals surface area contributed by atoms with Crippen LogP contribution in [0.25, 0.3) is 0 Å². The Hall–Kier alpha value is -1.33. The standard InChI is InChI=1S/C7H6F4N2/c1-12-6-5(8)4(2-3-13-6)7(9,10)11/h2-3H,1H3,(H,12,13). The van der Waals surface area contributed by atoms with E-state index in [2.05, 4.69) is 10.3 Å². The summed E-state index contributed by atoms with van der Waals surface area (Å²) in [7, 11) is 1.30. The Morgan fingerprint density at radius 2 is 2.00 bits per heavy atom. The maximum Gasteiger partial charge on any atom is 0.419 e. The minimum Gasteiger partial charge on any atom is -0.371 e. The van der Waals surface area contributed by atoms with Gasteiger partial charge in [-0.25, -0.2) is 9.37 Å². The van der Waals surface area contributed by atoms with Gasteiger partial charge in [0.05, 0.1) is 5.56 Å². The molecule has 0 aliphatic carbocycles. The quantitative estimate of drug-likeness (QED) is 0.693. The minimum absolute atomic E-state index is 0.408. The van der Waals surface area contributed by atoms with Gasteiger partial charge in [-0.05, 0) is 6.07 Å². The molecule has 1 rings (SSSR count). The molecule has 72 valence electrons. The van der Waals surface area contributed by atoms with Crippen LogP contribution in [0.1, 0.15) is 5.56 Å². The number of nitrogens with one attached hydrogen (secondary N) is 1. The second kappa shape index (κ2) is 3.20. The van der Waals surface area contributed by atoms with Gasteiger partial charge in [0.15, 0.2) is 11.6 Å². The van der Waals surface area contributed by atoms with Crippen LogP contribution in [0, 0.1) is 5.82 Å². The molecule has 2 nitrogen and oxygen atoms in total. The van der Waals surface area contributed by atoms with Crippen LogP contribution in [0.2, 0.25) is 0 Å². The molecule has 0 saturated carbocycles. The summed E-state index contributed by atoms with van der Waals surface area (Å²) in [5, 5.41) is 2.22. The molecular weight excluding hydrogens is 188 g/mol. The number of halogens is 4. The van der Waals surface area contributed by atoms with Crippen molar-refractivity contribution in [2.45, 2.75) is 6.18 Å². The number of rotatable bonds is 1. The molecule has 0 amide bonds. The maximum atomic E-state index is 12.9. The van der Waals surface area contributed by atoms with Crippen LogP contribution in [-0.4, -0.2) is 12.0 Å². The van der Waals surface area contributed by atoms with Crippen LogP contribution in [0.5, 0.6) is 0 Å². The van der Waals surface area contributed by atoms with Gasteiger partial charge in [-0.3, -0.25) is 0 Å². The summed E-state index contributed by atoms with van der Waals surface area (Å²) in [4.78, 5) is 3.38. The van der Waals surface area contributed by atoms with Gasteiger partial charge in [0.1, 0.15) is 0 Å². The highest BCUT2D eigenvalue weighted by molar-refractivity contribution is 5.40. The number of alkyl halides is 3. The maximum absolute atomic E-state index is 12.9. The SMILES string of the molecule is CNc1nccc(C(F)(F)F)c1F. The summed E-state index contributed by atoms with van der Waals surface area (Å²) in [6.45, 7) is 0. The van der Waals surface area contributed by atoms with Crippen molar-refractivity contribution in [1.29, 1.82) is 0 Å². The highest BCUT2D eigenvalue weighted by atomic mass is 19.4. The molecule has 6 heteroatoms. The molecule has 0 unspecified atom stereocenters. The first kappa shape index (κ1) is 9.76. The first-order valence-electron chi connectivity index (χ1n) is 3.36. The van der Waals surface area contributed by atoms with Crippen molar-refractivity contribution in [3.05, 3.63) is 23.6 Å². The topological polar surface area (TPSA) is 24.9 Å². The summed E-state index contributed by atoms with van der Waals surface area (Å²) in [5.74, 6) is -1.78. The molecule has 0 atom stereocenters. The molecule has 1 aromatic rings. The largest absolute Gasteiger partial charge is 0.419 e. The molecule has 0 aromatic carbocycles. The Balaban J connectivity index is 3.24. The molecule has 1 heterocycles. The Kier molecular flexibility index (Phi) is 2.40. The fourth-order valence-corrected chi connectivity index (χ4v) is 0.837. The number of hydrogen-bond acceptors (Lipinski definition) is 2. The van der Waals surface area contributed by atoms with E-state index >= 15 is 0 Å². The van der Waals surface area contributed by atoms with E-state index in [-0.39, 0.29) is 0 Å². The van der Waals surface area contributed by atoms with Crippen molar-refractivity contribution in [1.82, 2.24) is 4.98 Å². The Labute approximate surface area is 71.6 Å². The van der Waals surface area contributed by atoms with E-state index in [9.17, 15) is 17.6 Å². The van der Waals surface area contributed by atoms with E-state index in [1.165, 1.54) is 7.05 Å². The van der Waals surface area contributed by atoms with Gasteiger partial charge in [0.2, 0.25) is 0 Å². The van der Waals surface area contributed by atoms with Crippen molar-refractivity contribution in [2.75, 3.05) is 12.4 Å². The van der Waals surface area contributed by atoms with E-state index in [1.54, 1.807) is 0 Å². The third-order valence-corrected chi connectivity index (χ3v) is 1.43. The van der Waals surface area contributed by atoms with E-state index in [4.69, 9.17) is 0 Å².